The molecule has 0 atom stereocenters. The number of aromatic nitrogens is 5. The number of pyridine rings is 1. The Kier molecular flexibility index (Phi) is 6.04. The summed E-state index contributed by atoms with van der Waals surface area (Å²) in [6.07, 6.45) is -6.10. The predicted molar refractivity (Wildman–Crippen MR) is 116 cm³/mol. The molecular weight excluding hydrogens is 497 g/mol. The lowest BCUT2D eigenvalue weighted by Gasteiger charge is -2.10. The van der Waals surface area contributed by atoms with Crippen LogP contribution in [0.15, 0.2) is 18.3 Å². The molecule has 0 saturated carbocycles. The van der Waals surface area contributed by atoms with Crippen LogP contribution in [0.5, 0.6) is 0 Å². The number of carbonyl (C=O) groups is 2. The minimum atomic E-state index is -4.77. The molecule has 4 heterocycles. The number of carbonyl (C=O) groups excluding carboxylic acids is 2. The number of alkyl halides is 5. The van der Waals surface area contributed by atoms with Crippen molar-refractivity contribution < 1.29 is 31.5 Å². The molecule has 4 aromatic heterocycles. The van der Waals surface area contributed by atoms with E-state index in [2.05, 4.69) is 20.5 Å². The molecule has 2 amide bonds. The normalized spacial score (nSPS) is 12.0. The number of aromatic amines is 1. The molecule has 4 N–H and O–H groups in total. The molecule has 0 aliphatic rings. The van der Waals surface area contributed by atoms with Gasteiger partial charge in [-0.25, -0.2) is 13.8 Å². The fraction of sp³-hybridized carbons (Fsp3) is 0.250. The van der Waals surface area contributed by atoms with Crippen LogP contribution in [0, 0.1) is 6.92 Å². The third-order valence-corrected chi connectivity index (χ3v) is 6.14. The topological polar surface area (TPSA) is 132 Å². The first-order valence-corrected chi connectivity index (χ1v) is 10.8. The first-order chi connectivity index (χ1) is 16.4. The standard InChI is InChI=1S/C20H16F5N7O2S/c1-3-32-6-9(7(2)31-32)8-4-10(16(21)22)27-19-13(8)14(15(35-19)17(26)33)28-18(34)11-5-12(30-29-11)20(23,24)25/h4-6,16H,3H2,1-2H3,(H2,26,33)(H,28,34)(H,29,30). The molecule has 184 valence electrons. The van der Waals surface area contributed by atoms with Crippen molar-refractivity contribution in [1.29, 1.82) is 0 Å². The fourth-order valence-corrected chi connectivity index (χ4v) is 4.45. The third kappa shape index (κ3) is 4.45. The Morgan fingerprint density at radius 3 is 2.51 bits per heavy atom. The molecule has 0 bridgehead atoms. The number of primary amides is 1. The van der Waals surface area contributed by atoms with Gasteiger partial charge in [0, 0.05) is 29.8 Å². The van der Waals surface area contributed by atoms with Gasteiger partial charge in [-0.05, 0) is 25.5 Å². The summed E-state index contributed by atoms with van der Waals surface area (Å²) < 4.78 is 67.5. The number of H-pyrrole nitrogens is 1. The lowest BCUT2D eigenvalue weighted by molar-refractivity contribution is -0.141. The van der Waals surface area contributed by atoms with Crippen molar-refractivity contribution in [3.8, 4) is 11.1 Å². The van der Waals surface area contributed by atoms with E-state index in [4.69, 9.17) is 5.73 Å². The van der Waals surface area contributed by atoms with E-state index in [9.17, 15) is 31.5 Å². The molecule has 0 unspecified atom stereocenters. The summed E-state index contributed by atoms with van der Waals surface area (Å²) in [4.78, 5) is 28.6. The van der Waals surface area contributed by atoms with E-state index in [0.29, 0.717) is 35.2 Å². The zero-order valence-corrected chi connectivity index (χ0v) is 18.8. The van der Waals surface area contributed by atoms with Gasteiger partial charge in [0.25, 0.3) is 18.2 Å². The smallest absolute Gasteiger partial charge is 0.365 e. The van der Waals surface area contributed by atoms with Gasteiger partial charge in [0.2, 0.25) is 0 Å². The highest BCUT2D eigenvalue weighted by atomic mass is 32.1. The maximum absolute atomic E-state index is 13.6. The Balaban J connectivity index is 1.93. The fourth-order valence-electron chi connectivity index (χ4n) is 3.44. The van der Waals surface area contributed by atoms with Crippen LogP contribution >= 0.6 is 11.3 Å². The summed E-state index contributed by atoms with van der Waals surface area (Å²) in [5.74, 6) is -2.07. The number of halogens is 5. The number of nitrogens with one attached hydrogen (secondary N) is 2. The monoisotopic (exact) mass is 513 g/mol. The van der Waals surface area contributed by atoms with Crippen LogP contribution in [0.4, 0.5) is 27.6 Å². The lowest BCUT2D eigenvalue weighted by Crippen LogP contribution is -2.17. The molecule has 15 heteroatoms. The number of nitrogens with two attached hydrogens (primary N) is 1. The zero-order chi connectivity index (χ0) is 25.7. The van der Waals surface area contributed by atoms with E-state index in [1.165, 1.54) is 0 Å². The average Bonchev–Trinajstić information content (AvgIpc) is 3.49. The maximum Gasteiger partial charge on any atom is 0.432 e. The summed E-state index contributed by atoms with van der Waals surface area (Å²) in [5, 5.41) is 11.9. The highest BCUT2D eigenvalue weighted by Crippen LogP contribution is 2.43. The number of fused-ring (bicyclic) bond motifs is 1. The SMILES string of the molecule is CCn1cc(-c2cc(C(F)F)nc3sc(C(N)=O)c(NC(=O)c4cc(C(F)(F)F)[nH]n4)c23)c(C)n1. The number of anilines is 1. The summed E-state index contributed by atoms with van der Waals surface area (Å²) in [6.45, 7) is 3.96. The molecule has 0 aliphatic carbocycles. The minimum absolute atomic E-state index is 0.0245. The summed E-state index contributed by atoms with van der Waals surface area (Å²) in [5.41, 5.74) is 3.95. The van der Waals surface area contributed by atoms with Gasteiger partial charge in [0.05, 0.1) is 11.4 Å². The first-order valence-electron chi connectivity index (χ1n) is 9.94. The number of hydrogen-bond donors (Lipinski definition) is 3. The minimum Gasteiger partial charge on any atom is -0.365 e. The van der Waals surface area contributed by atoms with E-state index in [1.54, 1.807) is 22.9 Å². The van der Waals surface area contributed by atoms with E-state index >= 15 is 0 Å². The molecule has 35 heavy (non-hydrogen) atoms. The second-order valence-corrected chi connectivity index (χ2v) is 8.35. The molecule has 9 nitrogen and oxygen atoms in total. The van der Waals surface area contributed by atoms with Gasteiger partial charge in [-0.2, -0.15) is 23.4 Å². The maximum atomic E-state index is 13.6. The highest BCUT2D eigenvalue weighted by Gasteiger charge is 2.34. The van der Waals surface area contributed by atoms with Crippen molar-refractivity contribution in [3.05, 3.63) is 46.0 Å². The van der Waals surface area contributed by atoms with E-state index in [-0.39, 0.29) is 26.3 Å². The number of nitrogens with zero attached hydrogens (tertiary/aromatic N) is 4. The average molecular weight is 513 g/mol. The highest BCUT2D eigenvalue weighted by molar-refractivity contribution is 7.21. The number of aryl methyl sites for hydroxylation is 2. The van der Waals surface area contributed by atoms with Gasteiger partial charge in [-0.15, -0.1) is 11.3 Å². The van der Waals surface area contributed by atoms with Crippen LogP contribution in [-0.4, -0.2) is 36.8 Å². The summed E-state index contributed by atoms with van der Waals surface area (Å²) in [6, 6.07) is 1.61. The second-order valence-electron chi connectivity index (χ2n) is 7.35. The van der Waals surface area contributed by atoms with Gasteiger partial charge >= 0.3 is 6.18 Å². The largest absolute Gasteiger partial charge is 0.432 e. The molecule has 0 aliphatic heterocycles. The number of rotatable bonds is 6. The predicted octanol–water partition coefficient (Wildman–Crippen LogP) is 4.52. The van der Waals surface area contributed by atoms with Crippen molar-refractivity contribution in [1.82, 2.24) is 25.0 Å². The van der Waals surface area contributed by atoms with Crippen LogP contribution in [0.2, 0.25) is 0 Å². The van der Waals surface area contributed by atoms with Crippen molar-refractivity contribution in [2.24, 2.45) is 5.73 Å². The number of thiophene rings is 1. The molecule has 0 saturated heterocycles. The molecule has 0 spiro atoms. The molecule has 0 aromatic carbocycles. The summed E-state index contributed by atoms with van der Waals surface area (Å²) in [7, 11) is 0. The lowest BCUT2D eigenvalue weighted by atomic mass is 10.0. The van der Waals surface area contributed by atoms with Crippen molar-refractivity contribution in [3.63, 3.8) is 0 Å². The Labute approximate surface area is 197 Å². The molecular formula is C20H16F5N7O2S. The zero-order valence-electron chi connectivity index (χ0n) is 18.0. The van der Waals surface area contributed by atoms with Gasteiger partial charge in [-0.3, -0.25) is 19.4 Å². The first kappa shape index (κ1) is 24.3. The third-order valence-electron chi connectivity index (χ3n) is 5.04. The van der Waals surface area contributed by atoms with E-state index in [1.807, 2.05) is 6.92 Å². The van der Waals surface area contributed by atoms with E-state index < -0.39 is 41.5 Å². The molecule has 4 rings (SSSR count). The van der Waals surface area contributed by atoms with Crippen LogP contribution in [0.25, 0.3) is 21.3 Å². The van der Waals surface area contributed by atoms with Crippen LogP contribution in [0.3, 0.4) is 0 Å². The van der Waals surface area contributed by atoms with Gasteiger partial charge < -0.3 is 11.1 Å². The number of amides is 2. The van der Waals surface area contributed by atoms with Gasteiger partial charge in [0.1, 0.15) is 21.1 Å². The van der Waals surface area contributed by atoms with Crippen LogP contribution in [0.1, 0.15) is 50.6 Å². The van der Waals surface area contributed by atoms with Crippen molar-refractivity contribution in [2.45, 2.75) is 33.0 Å². The Bertz CT molecular complexity index is 1450. The molecule has 0 radical (unpaired) electrons. The van der Waals surface area contributed by atoms with Crippen molar-refractivity contribution >= 4 is 39.1 Å². The Morgan fingerprint density at radius 2 is 1.97 bits per heavy atom. The van der Waals surface area contributed by atoms with Gasteiger partial charge in [-0.1, -0.05) is 0 Å². The second kappa shape index (κ2) is 8.72. The number of hydrogen-bond acceptors (Lipinski definition) is 6. The Morgan fingerprint density at radius 1 is 1.26 bits per heavy atom. The van der Waals surface area contributed by atoms with Gasteiger partial charge in [0.15, 0.2) is 5.69 Å². The van der Waals surface area contributed by atoms with Crippen LogP contribution < -0.4 is 11.1 Å². The Hall–Kier alpha value is -3.88. The molecule has 4 aromatic rings. The van der Waals surface area contributed by atoms with Crippen LogP contribution in [-0.2, 0) is 12.7 Å². The summed E-state index contributed by atoms with van der Waals surface area (Å²) >= 11 is 0.668. The van der Waals surface area contributed by atoms with E-state index in [0.717, 1.165) is 6.07 Å². The molecule has 0 fully saturated rings. The van der Waals surface area contributed by atoms with Crippen molar-refractivity contribution in [2.75, 3.05) is 5.32 Å². The quantitative estimate of drug-likeness (QED) is 0.326.